The Bertz CT molecular complexity index is 2060. The zero-order valence-electron chi connectivity index (χ0n) is 23.4. The number of nitrogens with zero attached hydrogens (tertiary/aromatic N) is 4. The van der Waals surface area contributed by atoms with Gasteiger partial charge in [-0.1, -0.05) is 84.9 Å². The van der Waals surface area contributed by atoms with Gasteiger partial charge in [0, 0.05) is 30.6 Å². The number of rotatable bonds is 5. The summed E-state index contributed by atoms with van der Waals surface area (Å²) in [6.45, 7) is 2.10. The molecule has 0 spiro atoms. The van der Waals surface area contributed by atoms with Crippen LogP contribution >= 0.6 is 0 Å². The number of imidazole rings is 1. The van der Waals surface area contributed by atoms with Crippen molar-refractivity contribution in [3.05, 3.63) is 133 Å². The van der Waals surface area contributed by atoms with E-state index in [1.165, 1.54) is 22.9 Å². The Morgan fingerprint density at radius 2 is 1.33 bits per heavy atom. The third-order valence-corrected chi connectivity index (χ3v) is 7.83. The van der Waals surface area contributed by atoms with E-state index in [2.05, 4.69) is 96.8 Å². The first kappa shape index (κ1) is 25.4. The number of benzene rings is 4. The minimum Gasteiger partial charge on any atom is -0.506 e. The fourth-order valence-electron chi connectivity index (χ4n) is 5.58. The summed E-state index contributed by atoms with van der Waals surface area (Å²) in [5.41, 5.74) is 12.4. The van der Waals surface area contributed by atoms with Crippen molar-refractivity contribution in [2.24, 2.45) is 7.05 Å². The zero-order chi connectivity index (χ0) is 28.6. The number of aromatic nitrogens is 4. The fourth-order valence-corrected chi connectivity index (χ4v) is 5.58. The Kier molecular flexibility index (Phi) is 6.32. The highest BCUT2D eigenvalue weighted by molar-refractivity contribution is 5.95. The molecule has 0 fully saturated rings. The first-order valence-corrected chi connectivity index (χ1v) is 13.9. The molecular weight excluding hydrogens is 516 g/mol. The van der Waals surface area contributed by atoms with E-state index in [1.54, 1.807) is 12.3 Å². The highest BCUT2D eigenvalue weighted by Gasteiger charge is 2.17. The van der Waals surface area contributed by atoms with Crippen molar-refractivity contribution in [2.45, 2.75) is 6.92 Å². The van der Waals surface area contributed by atoms with Crippen LogP contribution in [0.15, 0.2) is 128 Å². The van der Waals surface area contributed by atoms with Gasteiger partial charge in [-0.25, -0.2) is 4.98 Å². The smallest absolute Gasteiger partial charge is 0.144 e. The van der Waals surface area contributed by atoms with Gasteiger partial charge >= 0.3 is 0 Å². The lowest BCUT2D eigenvalue weighted by molar-refractivity contribution is 0.474. The summed E-state index contributed by atoms with van der Waals surface area (Å²) < 4.78 is 2.01. The van der Waals surface area contributed by atoms with E-state index in [9.17, 15) is 5.11 Å². The molecule has 42 heavy (non-hydrogen) atoms. The Morgan fingerprint density at radius 1 is 0.619 bits per heavy atom. The molecule has 0 unspecified atom stereocenters. The van der Waals surface area contributed by atoms with Crippen LogP contribution in [0.1, 0.15) is 5.56 Å². The molecule has 0 atom stereocenters. The molecule has 0 aliphatic rings. The topological polar surface area (TPSA) is 63.8 Å². The Balaban J connectivity index is 1.27. The molecule has 3 heterocycles. The van der Waals surface area contributed by atoms with Crippen LogP contribution in [0, 0.1) is 6.92 Å². The van der Waals surface area contributed by atoms with Gasteiger partial charge in [0.05, 0.1) is 28.5 Å². The molecule has 0 amide bonds. The monoisotopic (exact) mass is 544 g/mol. The third kappa shape index (κ3) is 4.51. The third-order valence-electron chi connectivity index (χ3n) is 7.83. The van der Waals surface area contributed by atoms with Gasteiger partial charge < -0.3 is 9.67 Å². The van der Waals surface area contributed by atoms with E-state index >= 15 is 0 Å². The van der Waals surface area contributed by atoms with Crippen LogP contribution in [0.2, 0.25) is 0 Å². The van der Waals surface area contributed by atoms with Gasteiger partial charge in [0.1, 0.15) is 11.6 Å². The lowest BCUT2D eigenvalue weighted by Crippen LogP contribution is -1.93. The van der Waals surface area contributed by atoms with Gasteiger partial charge in [0.2, 0.25) is 0 Å². The van der Waals surface area contributed by atoms with Crippen molar-refractivity contribution in [1.29, 1.82) is 0 Å². The molecule has 0 bridgehead atoms. The molecule has 4 aromatic carbocycles. The van der Waals surface area contributed by atoms with E-state index in [-0.39, 0.29) is 5.75 Å². The van der Waals surface area contributed by atoms with Crippen LogP contribution in [0.4, 0.5) is 0 Å². The van der Waals surface area contributed by atoms with E-state index in [0.717, 1.165) is 44.5 Å². The Morgan fingerprint density at radius 3 is 2.14 bits per heavy atom. The summed E-state index contributed by atoms with van der Waals surface area (Å²) in [5.74, 6) is 0.798. The summed E-state index contributed by atoms with van der Waals surface area (Å²) in [5, 5.41) is 10.4. The molecule has 0 aliphatic carbocycles. The van der Waals surface area contributed by atoms with E-state index in [1.807, 2.05) is 36.0 Å². The van der Waals surface area contributed by atoms with Crippen molar-refractivity contribution in [2.75, 3.05) is 0 Å². The molecular formula is C37H28N4O. The summed E-state index contributed by atoms with van der Waals surface area (Å²) >= 11 is 0. The maximum atomic E-state index is 10.4. The lowest BCUT2D eigenvalue weighted by atomic mass is 9.96. The quantitative estimate of drug-likeness (QED) is 0.235. The zero-order valence-corrected chi connectivity index (χ0v) is 23.4. The van der Waals surface area contributed by atoms with Crippen LogP contribution in [0.5, 0.6) is 5.75 Å². The normalized spacial score (nSPS) is 11.2. The van der Waals surface area contributed by atoms with Gasteiger partial charge in [-0.3, -0.25) is 9.97 Å². The average molecular weight is 545 g/mol. The summed E-state index contributed by atoms with van der Waals surface area (Å²) in [6, 6.07) is 37.8. The van der Waals surface area contributed by atoms with Gasteiger partial charge in [-0.15, -0.1) is 0 Å². The molecule has 3 aromatic heterocycles. The number of fused-ring (bicyclic) bond motifs is 1. The number of hydrogen-bond acceptors (Lipinski definition) is 4. The van der Waals surface area contributed by atoms with Gasteiger partial charge in [0.15, 0.2) is 0 Å². The molecule has 7 aromatic rings. The standard InChI is InChI=1S/C37H28N4O/c1-24-22-39-33(21-32(24)27-16-14-26(15-17-27)25-8-4-3-5-9-25)29-11-6-10-28(20-29)30-12-7-13-34-36(30)40-37(41(34)2)31-18-19-38-23-35(31)42/h3-23,42H,1-2H3. The molecule has 0 aliphatic heterocycles. The van der Waals surface area contributed by atoms with Crippen molar-refractivity contribution in [3.63, 3.8) is 0 Å². The van der Waals surface area contributed by atoms with Crippen LogP contribution in [0.3, 0.4) is 0 Å². The Hall–Kier alpha value is -5.55. The number of para-hydroxylation sites is 1. The van der Waals surface area contributed by atoms with Crippen LogP contribution in [-0.2, 0) is 7.05 Å². The van der Waals surface area contributed by atoms with Crippen LogP contribution in [-0.4, -0.2) is 24.6 Å². The van der Waals surface area contributed by atoms with Crippen molar-refractivity contribution < 1.29 is 5.11 Å². The van der Waals surface area contributed by atoms with Crippen molar-refractivity contribution in [1.82, 2.24) is 19.5 Å². The first-order chi connectivity index (χ1) is 20.6. The van der Waals surface area contributed by atoms with Crippen molar-refractivity contribution in [3.8, 4) is 61.8 Å². The maximum absolute atomic E-state index is 10.4. The molecule has 5 nitrogen and oxygen atoms in total. The minimum atomic E-state index is 0.107. The number of pyridine rings is 2. The average Bonchev–Trinajstić information content (AvgIpc) is 3.38. The second-order valence-corrected chi connectivity index (χ2v) is 10.5. The molecule has 5 heteroatoms. The van der Waals surface area contributed by atoms with E-state index in [4.69, 9.17) is 9.97 Å². The lowest BCUT2D eigenvalue weighted by Gasteiger charge is -2.11. The summed E-state index contributed by atoms with van der Waals surface area (Å²) in [6.07, 6.45) is 5.06. The maximum Gasteiger partial charge on any atom is 0.144 e. The number of aryl methyl sites for hydroxylation is 2. The second kappa shape index (κ2) is 10.5. The highest BCUT2D eigenvalue weighted by Crippen LogP contribution is 2.36. The van der Waals surface area contributed by atoms with E-state index < -0.39 is 0 Å². The molecule has 0 radical (unpaired) electrons. The predicted molar refractivity (Wildman–Crippen MR) is 170 cm³/mol. The number of hydrogen-bond donors (Lipinski definition) is 1. The molecule has 202 valence electrons. The van der Waals surface area contributed by atoms with Gasteiger partial charge in [-0.05, 0) is 64.6 Å². The van der Waals surface area contributed by atoms with Gasteiger partial charge in [0.25, 0.3) is 0 Å². The molecule has 7 rings (SSSR count). The largest absolute Gasteiger partial charge is 0.506 e. The first-order valence-electron chi connectivity index (χ1n) is 13.9. The molecule has 0 saturated carbocycles. The van der Waals surface area contributed by atoms with Crippen LogP contribution in [0.25, 0.3) is 67.1 Å². The minimum absolute atomic E-state index is 0.107. The van der Waals surface area contributed by atoms with Gasteiger partial charge in [-0.2, -0.15) is 0 Å². The molecule has 1 N–H and O–H groups in total. The number of aromatic hydroxyl groups is 1. The van der Waals surface area contributed by atoms with Crippen molar-refractivity contribution >= 4 is 11.0 Å². The van der Waals surface area contributed by atoms with E-state index in [0.29, 0.717) is 11.4 Å². The van der Waals surface area contributed by atoms with Crippen LogP contribution < -0.4 is 0 Å². The SMILES string of the molecule is Cc1cnc(-c2cccc(-c3cccc4c3nc(-c3ccncc3O)n4C)c2)cc1-c1ccc(-c2ccccc2)cc1. The summed E-state index contributed by atoms with van der Waals surface area (Å²) in [7, 11) is 1.97. The predicted octanol–water partition coefficient (Wildman–Crippen LogP) is 8.71. The molecule has 0 saturated heterocycles. The fraction of sp³-hybridized carbons (Fsp3) is 0.0541. The summed E-state index contributed by atoms with van der Waals surface area (Å²) in [4.78, 5) is 13.8. The Labute approximate surface area is 244 Å². The second-order valence-electron chi connectivity index (χ2n) is 10.5. The highest BCUT2D eigenvalue weighted by atomic mass is 16.3.